The van der Waals surface area contributed by atoms with Gasteiger partial charge < -0.3 is 5.32 Å². The third kappa shape index (κ3) is 3.99. The summed E-state index contributed by atoms with van der Waals surface area (Å²) >= 11 is 0. The lowest BCUT2D eigenvalue weighted by molar-refractivity contribution is 0.685. The van der Waals surface area contributed by atoms with Crippen molar-refractivity contribution < 1.29 is 0 Å². The molecule has 0 unspecified atom stereocenters. The molecule has 1 aromatic heterocycles. The van der Waals surface area contributed by atoms with E-state index in [0.29, 0.717) is 5.69 Å². The number of anilines is 1. The van der Waals surface area contributed by atoms with Crippen molar-refractivity contribution in [1.29, 1.82) is 5.26 Å². The molecular formula is C12H17N3. The van der Waals surface area contributed by atoms with Gasteiger partial charge in [-0.1, -0.05) is 26.2 Å². The van der Waals surface area contributed by atoms with E-state index in [1.54, 1.807) is 6.20 Å². The average molecular weight is 203 g/mol. The minimum absolute atomic E-state index is 0.480. The van der Waals surface area contributed by atoms with E-state index in [0.717, 1.165) is 18.7 Å². The molecule has 0 saturated carbocycles. The van der Waals surface area contributed by atoms with Crippen LogP contribution in [0.1, 0.15) is 38.3 Å². The fourth-order valence-electron chi connectivity index (χ4n) is 1.41. The molecule has 0 saturated heterocycles. The van der Waals surface area contributed by atoms with Crippen molar-refractivity contribution in [1.82, 2.24) is 4.98 Å². The second-order valence-electron chi connectivity index (χ2n) is 3.50. The highest BCUT2D eigenvalue weighted by Crippen LogP contribution is 2.10. The molecule has 3 nitrogen and oxygen atoms in total. The summed E-state index contributed by atoms with van der Waals surface area (Å²) in [7, 11) is 0. The maximum Gasteiger partial charge on any atom is 0.163 e. The van der Waals surface area contributed by atoms with Gasteiger partial charge >= 0.3 is 0 Å². The zero-order valence-electron chi connectivity index (χ0n) is 9.16. The fourth-order valence-corrected chi connectivity index (χ4v) is 1.41. The van der Waals surface area contributed by atoms with Crippen LogP contribution in [0.2, 0.25) is 0 Å². The second kappa shape index (κ2) is 6.83. The second-order valence-corrected chi connectivity index (χ2v) is 3.50. The van der Waals surface area contributed by atoms with Gasteiger partial charge in [-0.2, -0.15) is 5.26 Å². The van der Waals surface area contributed by atoms with Gasteiger partial charge in [-0.15, -0.1) is 0 Å². The van der Waals surface area contributed by atoms with Crippen molar-refractivity contribution in [2.75, 3.05) is 11.9 Å². The van der Waals surface area contributed by atoms with Gasteiger partial charge in [0.05, 0.1) is 5.69 Å². The van der Waals surface area contributed by atoms with Crippen molar-refractivity contribution in [3.05, 3.63) is 24.0 Å². The monoisotopic (exact) mass is 203 g/mol. The van der Waals surface area contributed by atoms with E-state index in [1.165, 1.54) is 19.3 Å². The maximum absolute atomic E-state index is 8.81. The minimum atomic E-state index is 0.480. The van der Waals surface area contributed by atoms with Crippen LogP contribution in [0.25, 0.3) is 0 Å². The highest BCUT2D eigenvalue weighted by atomic mass is 14.9. The van der Waals surface area contributed by atoms with Crippen LogP contribution in [0.4, 0.5) is 5.69 Å². The molecule has 1 N–H and O–H groups in total. The highest BCUT2D eigenvalue weighted by molar-refractivity contribution is 5.53. The van der Waals surface area contributed by atoms with E-state index in [9.17, 15) is 0 Å². The number of rotatable bonds is 6. The third-order valence-electron chi connectivity index (χ3n) is 2.26. The summed E-state index contributed by atoms with van der Waals surface area (Å²) in [5.74, 6) is 0. The van der Waals surface area contributed by atoms with Crippen molar-refractivity contribution in [2.24, 2.45) is 0 Å². The van der Waals surface area contributed by atoms with Gasteiger partial charge in [-0.3, -0.25) is 0 Å². The zero-order chi connectivity index (χ0) is 10.9. The average Bonchev–Trinajstić information content (AvgIpc) is 2.29. The van der Waals surface area contributed by atoms with Gasteiger partial charge in [0.2, 0.25) is 0 Å². The smallest absolute Gasteiger partial charge is 0.163 e. The molecule has 0 bridgehead atoms. The molecule has 0 spiro atoms. The third-order valence-corrected chi connectivity index (χ3v) is 2.26. The lowest BCUT2D eigenvalue weighted by Crippen LogP contribution is -2.03. The van der Waals surface area contributed by atoms with Crippen LogP contribution in [0.15, 0.2) is 18.3 Å². The number of nitrogens with one attached hydrogen (secondary N) is 1. The lowest BCUT2D eigenvalue weighted by atomic mass is 10.2. The van der Waals surface area contributed by atoms with Crippen molar-refractivity contribution in [3.8, 4) is 6.07 Å². The van der Waals surface area contributed by atoms with Crippen molar-refractivity contribution >= 4 is 5.69 Å². The normalized spacial score (nSPS) is 9.60. The molecule has 0 aliphatic heterocycles. The van der Waals surface area contributed by atoms with Crippen LogP contribution in [0.5, 0.6) is 0 Å². The number of nitrogens with zero attached hydrogens (tertiary/aromatic N) is 2. The highest BCUT2D eigenvalue weighted by Gasteiger charge is 1.99. The Balaban J connectivity index is 2.34. The van der Waals surface area contributed by atoms with Gasteiger partial charge in [-0.05, 0) is 18.6 Å². The molecule has 0 fully saturated rings. The Hall–Kier alpha value is -1.56. The number of aromatic nitrogens is 1. The SMILES string of the molecule is CCCCCCNc1cccnc1C#N. The summed E-state index contributed by atoms with van der Waals surface area (Å²) in [5, 5.41) is 12.0. The van der Waals surface area contributed by atoms with Crippen molar-refractivity contribution in [2.45, 2.75) is 32.6 Å². The van der Waals surface area contributed by atoms with Crippen LogP contribution >= 0.6 is 0 Å². The van der Waals surface area contributed by atoms with Gasteiger partial charge in [0.15, 0.2) is 5.69 Å². The fraction of sp³-hybridized carbons (Fsp3) is 0.500. The first-order chi connectivity index (χ1) is 7.38. The molecule has 0 aliphatic rings. The Labute approximate surface area is 91.1 Å². The molecule has 0 radical (unpaired) electrons. The molecule has 15 heavy (non-hydrogen) atoms. The van der Waals surface area contributed by atoms with Crippen LogP contribution in [0, 0.1) is 11.3 Å². The van der Waals surface area contributed by atoms with E-state index in [1.807, 2.05) is 12.1 Å². The first kappa shape index (κ1) is 11.5. The Morgan fingerprint density at radius 3 is 3.00 bits per heavy atom. The molecule has 0 amide bonds. The van der Waals surface area contributed by atoms with E-state index in [4.69, 9.17) is 5.26 Å². The Kier molecular flexibility index (Phi) is 5.24. The topological polar surface area (TPSA) is 48.7 Å². The number of hydrogen-bond acceptors (Lipinski definition) is 3. The molecule has 0 aliphatic carbocycles. The van der Waals surface area contributed by atoms with Crippen LogP contribution in [-0.2, 0) is 0 Å². The lowest BCUT2D eigenvalue weighted by Gasteiger charge is -2.06. The van der Waals surface area contributed by atoms with Crippen LogP contribution in [-0.4, -0.2) is 11.5 Å². The maximum atomic E-state index is 8.81. The van der Waals surface area contributed by atoms with E-state index in [2.05, 4.69) is 23.3 Å². The summed E-state index contributed by atoms with van der Waals surface area (Å²) < 4.78 is 0. The Morgan fingerprint density at radius 2 is 2.27 bits per heavy atom. The van der Waals surface area contributed by atoms with E-state index in [-0.39, 0.29) is 0 Å². The molecule has 0 aromatic carbocycles. The summed E-state index contributed by atoms with van der Waals surface area (Å²) in [4.78, 5) is 3.99. The van der Waals surface area contributed by atoms with Gasteiger partial charge in [0.25, 0.3) is 0 Å². The molecule has 1 heterocycles. The molecule has 0 atom stereocenters. The van der Waals surface area contributed by atoms with Crippen LogP contribution < -0.4 is 5.32 Å². The van der Waals surface area contributed by atoms with Gasteiger partial charge in [0, 0.05) is 12.7 Å². The van der Waals surface area contributed by atoms with Crippen molar-refractivity contribution in [3.63, 3.8) is 0 Å². The molecule has 80 valence electrons. The molecule has 1 aromatic rings. The molecule has 3 heteroatoms. The number of nitriles is 1. The summed E-state index contributed by atoms with van der Waals surface area (Å²) in [5.41, 5.74) is 1.32. The standard InChI is InChI=1S/C12H17N3/c1-2-3-4-5-8-14-11-7-6-9-15-12(11)10-13/h6-7,9,14H,2-5,8H2,1H3. The summed E-state index contributed by atoms with van der Waals surface area (Å²) in [6.07, 6.45) is 6.55. The minimum Gasteiger partial charge on any atom is -0.383 e. The first-order valence-electron chi connectivity index (χ1n) is 5.47. The largest absolute Gasteiger partial charge is 0.383 e. The molecular weight excluding hydrogens is 186 g/mol. The molecule has 1 rings (SSSR count). The van der Waals surface area contributed by atoms with Gasteiger partial charge in [-0.25, -0.2) is 4.98 Å². The first-order valence-corrected chi connectivity index (χ1v) is 5.47. The summed E-state index contributed by atoms with van der Waals surface area (Å²) in [6.45, 7) is 3.11. The van der Waals surface area contributed by atoms with E-state index >= 15 is 0 Å². The van der Waals surface area contributed by atoms with Gasteiger partial charge in [0.1, 0.15) is 6.07 Å². The predicted octanol–water partition coefficient (Wildman–Crippen LogP) is 2.95. The Bertz CT molecular complexity index is 328. The predicted molar refractivity (Wildman–Crippen MR) is 61.6 cm³/mol. The number of unbranched alkanes of at least 4 members (excludes halogenated alkanes) is 3. The summed E-state index contributed by atoms with van der Waals surface area (Å²) in [6, 6.07) is 5.81. The van der Waals surface area contributed by atoms with Crippen LogP contribution in [0.3, 0.4) is 0 Å². The quantitative estimate of drug-likeness (QED) is 0.723. The zero-order valence-corrected chi connectivity index (χ0v) is 9.16. The van der Waals surface area contributed by atoms with E-state index < -0.39 is 0 Å². The number of hydrogen-bond donors (Lipinski definition) is 1. The number of pyridine rings is 1. The Morgan fingerprint density at radius 1 is 1.40 bits per heavy atom.